The zero-order valence-corrected chi connectivity index (χ0v) is 18.4. The summed E-state index contributed by atoms with van der Waals surface area (Å²) >= 11 is 0. The Balaban J connectivity index is 1.70. The number of amides is 1. The second-order valence-electron chi connectivity index (χ2n) is 8.09. The third-order valence-corrected chi connectivity index (χ3v) is 5.54. The molecule has 4 rings (SSSR count). The fourth-order valence-corrected chi connectivity index (χ4v) is 3.71. The highest BCUT2D eigenvalue weighted by Gasteiger charge is 2.35. The molecular weight excluding hydrogens is 452 g/mol. The summed E-state index contributed by atoms with van der Waals surface area (Å²) in [7, 11) is 0. The molecule has 0 saturated heterocycles. The van der Waals surface area contributed by atoms with Crippen LogP contribution in [0.2, 0.25) is 0 Å². The molecule has 0 saturated carbocycles. The van der Waals surface area contributed by atoms with Crippen LogP contribution >= 0.6 is 0 Å². The second-order valence-corrected chi connectivity index (χ2v) is 8.09. The maximum atomic E-state index is 13.9. The van der Waals surface area contributed by atoms with E-state index in [9.17, 15) is 28.3 Å². The van der Waals surface area contributed by atoms with E-state index in [1.807, 2.05) is 0 Å². The fraction of sp³-hybridized carbons (Fsp3) is 0.318. The van der Waals surface area contributed by atoms with Gasteiger partial charge in [-0.2, -0.15) is 4.98 Å². The van der Waals surface area contributed by atoms with E-state index in [2.05, 4.69) is 10.1 Å². The van der Waals surface area contributed by atoms with Crippen LogP contribution in [0.15, 0.2) is 40.1 Å². The zero-order valence-electron chi connectivity index (χ0n) is 18.4. The Morgan fingerprint density at radius 2 is 2.03 bits per heavy atom. The van der Waals surface area contributed by atoms with Crippen LogP contribution < -0.4 is 10.4 Å². The predicted molar refractivity (Wildman–Crippen MR) is 114 cm³/mol. The van der Waals surface area contributed by atoms with Gasteiger partial charge in [0.15, 0.2) is 23.1 Å². The lowest BCUT2D eigenvalue weighted by molar-refractivity contribution is 0.0625. The quantitative estimate of drug-likeness (QED) is 0.517. The minimum atomic E-state index is -1.01. The van der Waals surface area contributed by atoms with Gasteiger partial charge in [-0.15, -0.1) is 0 Å². The number of hydrogen-bond donors (Lipinski definition) is 1. The summed E-state index contributed by atoms with van der Waals surface area (Å²) in [5.74, 6) is -3.39. The van der Waals surface area contributed by atoms with Crippen molar-refractivity contribution in [1.82, 2.24) is 19.7 Å². The molecule has 0 spiro atoms. The Labute approximate surface area is 192 Å². The van der Waals surface area contributed by atoms with Gasteiger partial charge in [0.25, 0.3) is 5.91 Å². The highest BCUT2D eigenvalue weighted by atomic mass is 19.1. The maximum absolute atomic E-state index is 13.9. The monoisotopic (exact) mass is 473 g/mol. The van der Waals surface area contributed by atoms with Crippen molar-refractivity contribution in [2.45, 2.75) is 39.3 Å². The highest BCUT2D eigenvalue weighted by Crippen LogP contribution is 2.24. The standard InChI is InChI=1S/C22H21F2N5O5/c1-12(2)28-11-27(9-18-25-10-34-26-18)29-8-15(20(31)21(32)19(29)22(28)33)17(30)6-4-13-3-5-14(23)7-16(13)24/h3,5,7-8,10,12,32H,4,6,9,11H2,1-2H3. The number of aromatic hydroxyl groups is 1. The number of aryl methyl sites for hydroxylation is 1. The summed E-state index contributed by atoms with van der Waals surface area (Å²) in [4.78, 5) is 44.1. The number of carbonyl (C=O) groups excluding carboxylic acids is 2. The first-order chi connectivity index (χ1) is 16.2. The summed E-state index contributed by atoms with van der Waals surface area (Å²) in [5, 5.41) is 16.0. The molecule has 34 heavy (non-hydrogen) atoms. The first kappa shape index (κ1) is 23.1. The van der Waals surface area contributed by atoms with Crippen LogP contribution in [0, 0.1) is 11.6 Å². The molecule has 12 heteroatoms. The molecule has 0 unspecified atom stereocenters. The summed E-state index contributed by atoms with van der Waals surface area (Å²) in [6.45, 7) is 3.68. The molecule has 2 aromatic heterocycles. The van der Waals surface area contributed by atoms with E-state index in [0.29, 0.717) is 6.07 Å². The van der Waals surface area contributed by atoms with Crippen molar-refractivity contribution in [3.8, 4) is 5.75 Å². The second kappa shape index (κ2) is 9.04. The Bertz CT molecular complexity index is 1310. The minimum absolute atomic E-state index is 0.0523. The van der Waals surface area contributed by atoms with Gasteiger partial charge in [0, 0.05) is 24.7 Å². The van der Waals surface area contributed by atoms with E-state index in [1.165, 1.54) is 21.8 Å². The highest BCUT2D eigenvalue weighted by molar-refractivity contribution is 6.00. The number of fused-ring (bicyclic) bond motifs is 1. The lowest BCUT2D eigenvalue weighted by Crippen LogP contribution is -2.56. The molecule has 0 atom stereocenters. The number of hydrogen-bond acceptors (Lipinski definition) is 8. The number of nitrogens with zero attached hydrogens (tertiary/aromatic N) is 5. The summed E-state index contributed by atoms with van der Waals surface area (Å²) in [6, 6.07) is 2.75. The van der Waals surface area contributed by atoms with Crippen molar-refractivity contribution in [1.29, 1.82) is 0 Å². The van der Waals surface area contributed by atoms with Crippen LogP contribution in [0.3, 0.4) is 0 Å². The number of pyridine rings is 1. The smallest absolute Gasteiger partial charge is 0.278 e. The molecule has 0 radical (unpaired) electrons. The van der Waals surface area contributed by atoms with Crippen LogP contribution in [0.4, 0.5) is 8.78 Å². The van der Waals surface area contributed by atoms with Gasteiger partial charge in [-0.25, -0.2) is 8.78 Å². The molecule has 0 aliphatic carbocycles. The lowest BCUT2D eigenvalue weighted by atomic mass is 10.0. The third-order valence-electron chi connectivity index (χ3n) is 5.54. The van der Waals surface area contributed by atoms with Gasteiger partial charge in [-0.05, 0) is 31.9 Å². The van der Waals surface area contributed by atoms with Crippen LogP contribution in [0.5, 0.6) is 5.75 Å². The fourth-order valence-electron chi connectivity index (χ4n) is 3.71. The Morgan fingerprint density at radius 3 is 2.68 bits per heavy atom. The maximum Gasteiger partial charge on any atom is 0.278 e. The topological polar surface area (TPSA) is 122 Å². The van der Waals surface area contributed by atoms with E-state index in [-0.39, 0.29) is 54.7 Å². The van der Waals surface area contributed by atoms with Crippen LogP contribution in [-0.2, 0) is 13.0 Å². The Morgan fingerprint density at radius 1 is 1.26 bits per heavy atom. The van der Waals surface area contributed by atoms with E-state index in [4.69, 9.17) is 4.52 Å². The van der Waals surface area contributed by atoms with Gasteiger partial charge in [0.1, 0.15) is 24.8 Å². The van der Waals surface area contributed by atoms with Crippen LogP contribution in [0.1, 0.15) is 52.5 Å². The number of aromatic nitrogens is 3. The summed E-state index contributed by atoms with van der Waals surface area (Å²) in [6.07, 6.45) is 1.96. The minimum Gasteiger partial charge on any atom is -0.502 e. The average molecular weight is 473 g/mol. The van der Waals surface area contributed by atoms with Crippen molar-refractivity contribution in [2.75, 3.05) is 11.7 Å². The normalized spacial score (nSPS) is 13.5. The molecule has 1 N–H and O–H groups in total. The average Bonchev–Trinajstić information content (AvgIpc) is 3.29. The first-order valence-electron chi connectivity index (χ1n) is 10.4. The molecule has 3 heterocycles. The molecule has 178 valence electrons. The van der Waals surface area contributed by atoms with Crippen molar-refractivity contribution >= 4 is 11.7 Å². The lowest BCUT2D eigenvalue weighted by Gasteiger charge is -2.41. The molecule has 1 aromatic carbocycles. The van der Waals surface area contributed by atoms with Gasteiger partial charge in [-0.3, -0.25) is 24.1 Å². The van der Waals surface area contributed by atoms with Crippen LogP contribution in [-0.4, -0.2) is 49.2 Å². The third kappa shape index (κ3) is 4.26. The first-order valence-corrected chi connectivity index (χ1v) is 10.4. The number of Topliss-reactive ketones (excluding diaryl/α,β-unsaturated/α-hetero) is 1. The summed E-state index contributed by atoms with van der Waals surface area (Å²) in [5.41, 5.74) is -1.56. The SMILES string of the molecule is CC(C)N1CN(Cc2ncon2)n2cc(C(=O)CCc3ccc(F)cc3F)c(=O)c(O)c2C1=O. The van der Waals surface area contributed by atoms with Crippen molar-refractivity contribution in [3.63, 3.8) is 0 Å². The van der Waals surface area contributed by atoms with Gasteiger partial charge < -0.3 is 14.5 Å². The number of halogens is 2. The summed E-state index contributed by atoms with van der Waals surface area (Å²) < 4.78 is 33.0. The Hall–Kier alpha value is -4.09. The molecule has 1 aliphatic heterocycles. The molecule has 1 aliphatic rings. The molecule has 10 nitrogen and oxygen atoms in total. The molecule has 0 fully saturated rings. The van der Waals surface area contributed by atoms with E-state index in [1.54, 1.807) is 18.9 Å². The Kier molecular flexibility index (Phi) is 6.14. The molecule has 1 amide bonds. The molecule has 3 aromatic rings. The largest absolute Gasteiger partial charge is 0.502 e. The number of rotatable bonds is 7. The van der Waals surface area contributed by atoms with E-state index >= 15 is 0 Å². The van der Waals surface area contributed by atoms with E-state index < -0.39 is 34.5 Å². The number of carbonyl (C=O) groups is 2. The van der Waals surface area contributed by atoms with Crippen molar-refractivity contribution < 1.29 is 28.0 Å². The number of benzene rings is 1. The molecule has 0 bridgehead atoms. The molecular formula is C22H21F2N5O5. The van der Waals surface area contributed by atoms with E-state index in [0.717, 1.165) is 12.5 Å². The van der Waals surface area contributed by atoms with Crippen LogP contribution in [0.25, 0.3) is 0 Å². The van der Waals surface area contributed by atoms with Gasteiger partial charge >= 0.3 is 0 Å². The van der Waals surface area contributed by atoms with Crippen molar-refractivity contribution in [2.24, 2.45) is 0 Å². The number of ketones is 1. The van der Waals surface area contributed by atoms with Crippen molar-refractivity contribution in [3.05, 3.63) is 75.3 Å². The predicted octanol–water partition coefficient (Wildman–Crippen LogP) is 1.99. The van der Waals surface area contributed by atoms with Gasteiger partial charge in [0.05, 0.1) is 5.56 Å². The zero-order chi connectivity index (χ0) is 24.6. The van der Waals surface area contributed by atoms with Gasteiger partial charge in [0.2, 0.25) is 11.8 Å². The van der Waals surface area contributed by atoms with Gasteiger partial charge in [-0.1, -0.05) is 11.2 Å².